The first-order valence-corrected chi connectivity index (χ1v) is 10.7. The van der Waals surface area contributed by atoms with Gasteiger partial charge in [-0.25, -0.2) is 18.4 Å². The first kappa shape index (κ1) is 19.1. The van der Waals surface area contributed by atoms with E-state index < -0.39 is 10.0 Å². The summed E-state index contributed by atoms with van der Waals surface area (Å²) in [5, 5.41) is 8.07. The number of rotatable bonds is 4. The molecule has 2 amide bonds. The van der Waals surface area contributed by atoms with Crippen LogP contribution in [0.25, 0.3) is 0 Å². The number of carbonyl (C=O) groups is 1. The topological polar surface area (TPSA) is 102 Å². The zero-order chi connectivity index (χ0) is 18.6. The third kappa shape index (κ3) is 4.75. The molecule has 0 aromatic heterocycles. The van der Waals surface area contributed by atoms with Gasteiger partial charge in [0.15, 0.2) is 0 Å². The van der Waals surface area contributed by atoms with Crippen molar-refractivity contribution < 1.29 is 17.9 Å². The van der Waals surface area contributed by atoms with E-state index in [1.807, 2.05) is 4.90 Å². The van der Waals surface area contributed by atoms with Crippen molar-refractivity contribution in [3.63, 3.8) is 0 Å². The number of benzene rings is 1. The van der Waals surface area contributed by atoms with E-state index in [4.69, 9.17) is 9.88 Å². The van der Waals surface area contributed by atoms with Crippen LogP contribution < -0.4 is 10.5 Å². The first-order chi connectivity index (χ1) is 12.4. The summed E-state index contributed by atoms with van der Waals surface area (Å²) in [4.78, 5) is 14.4. The van der Waals surface area contributed by atoms with Crippen LogP contribution in [0, 0.1) is 5.92 Å². The lowest BCUT2D eigenvalue weighted by atomic mass is 9.88. The second-order valence-corrected chi connectivity index (χ2v) is 8.59. The molecule has 7 nitrogen and oxygen atoms in total. The summed E-state index contributed by atoms with van der Waals surface area (Å²) in [6.45, 7) is 2.35. The highest BCUT2D eigenvalue weighted by Crippen LogP contribution is 2.27. The second kappa shape index (κ2) is 8.37. The molecule has 2 unspecified atom stereocenters. The molecule has 2 atom stereocenters. The molecule has 0 radical (unpaired) electrons. The van der Waals surface area contributed by atoms with Crippen LogP contribution >= 0.6 is 0 Å². The molecule has 2 aliphatic rings. The van der Waals surface area contributed by atoms with Gasteiger partial charge in [0.2, 0.25) is 10.0 Å². The number of sulfonamides is 1. The van der Waals surface area contributed by atoms with Gasteiger partial charge in [0, 0.05) is 32.2 Å². The fraction of sp³-hybridized carbons (Fsp3) is 0.611. The highest BCUT2D eigenvalue weighted by atomic mass is 32.2. The van der Waals surface area contributed by atoms with E-state index in [0.717, 1.165) is 32.3 Å². The van der Waals surface area contributed by atoms with Crippen molar-refractivity contribution in [2.45, 2.75) is 49.6 Å². The van der Waals surface area contributed by atoms with Gasteiger partial charge in [-0.1, -0.05) is 18.2 Å². The number of nitrogens with zero attached hydrogens (tertiary/aromatic N) is 1. The monoisotopic (exact) mass is 381 g/mol. The minimum atomic E-state index is -3.81. The van der Waals surface area contributed by atoms with Crippen LogP contribution in [0.15, 0.2) is 29.2 Å². The molecule has 0 spiro atoms. The number of nitrogens with one attached hydrogen (secondary N) is 1. The van der Waals surface area contributed by atoms with Crippen molar-refractivity contribution >= 4 is 16.1 Å². The van der Waals surface area contributed by atoms with Crippen molar-refractivity contribution in [1.82, 2.24) is 10.2 Å². The van der Waals surface area contributed by atoms with Gasteiger partial charge in [-0.3, -0.25) is 0 Å². The van der Waals surface area contributed by atoms with E-state index >= 15 is 0 Å². The molecule has 2 saturated heterocycles. The third-order valence-corrected chi connectivity index (χ3v) is 6.21. The van der Waals surface area contributed by atoms with Crippen LogP contribution in [0.2, 0.25) is 0 Å². The summed E-state index contributed by atoms with van der Waals surface area (Å²) in [6.07, 6.45) is 5.69. The molecule has 8 heteroatoms. The Morgan fingerprint density at radius 3 is 2.77 bits per heavy atom. The SMILES string of the molecule is NS(=O)(=O)c1ccccc1CNC(=O)N1CCCC(C2CCCCO2)C1. The first-order valence-electron chi connectivity index (χ1n) is 9.20. The Balaban J connectivity index is 1.58. The summed E-state index contributed by atoms with van der Waals surface area (Å²) >= 11 is 0. The maximum atomic E-state index is 12.6. The molecule has 0 saturated carbocycles. The molecular weight excluding hydrogens is 354 g/mol. The van der Waals surface area contributed by atoms with Crippen LogP contribution in [-0.4, -0.2) is 45.1 Å². The largest absolute Gasteiger partial charge is 0.378 e. The maximum absolute atomic E-state index is 12.6. The molecule has 144 valence electrons. The molecule has 3 N–H and O–H groups in total. The Labute approximate surface area is 154 Å². The van der Waals surface area contributed by atoms with Crippen LogP contribution in [0.3, 0.4) is 0 Å². The van der Waals surface area contributed by atoms with Crippen molar-refractivity contribution in [2.24, 2.45) is 11.1 Å². The number of piperidine rings is 1. The van der Waals surface area contributed by atoms with Gasteiger partial charge in [-0.2, -0.15) is 0 Å². The molecule has 3 rings (SSSR count). The zero-order valence-electron chi connectivity index (χ0n) is 14.9. The van der Waals surface area contributed by atoms with E-state index in [9.17, 15) is 13.2 Å². The van der Waals surface area contributed by atoms with E-state index in [0.29, 0.717) is 24.6 Å². The number of hydrogen-bond donors (Lipinski definition) is 2. The summed E-state index contributed by atoms with van der Waals surface area (Å²) in [5.74, 6) is 0.381. The summed E-state index contributed by atoms with van der Waals surface area (Å²) in [7, 11) is -3.81. The van der Waals surface area contributed by atoms with Gasteiger partial charge in [-0.15, -0.1) is 0 Å². The Hall–Kier alpha value is -1.64. The van der Waals surface area contributed by atoms with Gasteiger partial charge in [0.05, 0.1) is 11.0 Å². The molecule has 2 fully saturated rings. The summed E-state index contributed by atoms with van der Waals surface area (Å²) < 4.78 is 29.2. The average molecular weight is 381 g/mol. The van der Waals surface area contributed by atoms with E-state index in [1.54, 1.807) is 18.2 Å². The van der Waals surface area contributed by atoms with Crippen LogP contribution in [0.1, 0.15) is 37.7 Å². The number of amides is 2. The number of hydrogen-bond acceptors (Lipinski definition) is 4. The number of carbonyl (C=O) groups excluding carboxylic acids is 1. The van der Waals surface area contributed by atoms with Gasteiger partial charge in [0.1, 0.15) is 0 Å². The standard InChI is InChI=1S/C18H27N3O4S/c19-26(23,24)17-9-2-1-6-14(17)12-20-18(22)21-10-5-7-15(13-21)16-8-3-4-11-25-16/h1-2,6,9,15-16H,3-5,7-8,10-13H2,(H,20,22)(H2,19,23,24). The molecule has 0 aliphatic carbocycles. The Morgan fingerprint density at radius 2 is 2.04 bits per heavy atom. The molecule has 1 aromatic rings. The minimum Gasteiger partial charge on any atom is -0.378 e. The maximum Gasteiger partial charge on any atom is 0.317 e. The third-order valence-electron chi connectivity index (χ3n) is 5.19. The Bertz CT molecular complexity index is 732. The summed E-state index contributed by atoms with van der Waals surface area (Å²) in [6, 6.07) is 6.29. The normalized spacial score (nSPS) is 24.3. The Kier molecular flexibility index (Phi) is 6.16. The van der Waals surface area contributed by atoms with Crippen LogP contribution in [0.4, 0.5) is 4.79 Å². The van der Waals surface area contributed by atoms with Gasteiger partial charge >= 0.3 is 6.03 Å². The van der Waals surface area contributed by atoms with Crippen molar-refractivity contribution in [3.05, 3.63) is 29.8 Å². The summed E-state index contributed by atoms with van der Waals surface area (Å²) in [5.41, 5.74) is 0.493. The smallest absolute Gasteiger partial charge is 0.317 e. The zero-order valence-corrected chi connectivity index (χ0v) is 15.7. The van der Waals surface area contributed by atoms with Gasteiger partial charge in [-0.05, 0) is 43.7 Å². The quantitative estimate of drug-likeness (QED) is 0.830. The van der Waals surface area contributed by atoms with E-state index in [-0.39, 0.29) is 23.6 Å². The molecule has 2 aliphatic heterocycles. The van der Waals surface area contributed by atoms with Crippen LogP contribution in [0.5, 0.6) is 0 Å². The molecule has 1 aromatic carbocycles. The predicted octanol–water partition coefficient (Wildman–Crippen LogP) is 1.82. The van der Waals surface area contributed by atoms with Crippen LogP contribution in [-0.2, 0) is 21.3 Å². The van der Waals surface area contributed by atoms with Crippen molar-refractivity contribution in [3.8, 4) is 0 Å². The highest BCUT2D eigenvalue weighted by Gasteiger charge is 2.31. The number of nitrogens with two attached hydrogens (primary N) is 1. The van der Waals surface area contributed by atoms with E-state index in [1.165, 1.54) is 12.5 Å². The lowest BCUT2D eigenvalue weighted by Crippen LogP contribution is -2.48. The fourth-order valence-electron chi connectivity index (χ4n) is 3.85. The number of ether oxygens (including phenoxy) is 1. The fourth-order valence-corrected chi connectivity index (χ4v) is 4.62. The van der Waals surface area contributed by atoms with Gasteiger partial charge < -0.3 is 15.0 Å². The molecule has 26 heavy (non-hydrogen) atoms. The van der Waals surface area contributed by atoms with Gasteiger partial charge in [0.25, 0.3) is 0 Å². The lowest BCUT2D eigenvalue weighted by molar-refractivity contribution is -0.0366. The minimum absolute atomic E-state index is 0.0485. The molecule has 0 bridgehead atoms. The molecule has 2 heterocycles. The van der Waals surface area contributed by atoms with Crippen molar-refractivity contribution in [2.75, 3.05) is 19.7 Å². The second-order valence-electron chi connectivity index (χ2n) is 7.06. The Morgan fingerprint density at radius 1 is 1.23 bits per heavy atom. The number of primary sulfonamides is 1. The number of likely N-dealkylation sites (tertiary alicyclic amines) is 1. The highest BCUT2D eigenvalue weighted by molar-refractivity contribution is 7.89. The average Bonchev–Trinajstić information content (AvgIpc) is 2.66. The predicted molar refractivity (Wildman–Crippen MR) is 97.9 cm³/mol. The van der Waals surface area contributed by atoms with Crippen molar-refractivity contribution in [1.29, 1.82) is 0 Å². The van der Waals surface area contributed by atoms with E-state index in [2.05, 4.69) is 5.32 Å². The lowest BCUT2D eigenvalue weighted by Gasteiger charge is -2.38. The molecular formula is C18H27N3O4S. The number of urea groups is 1.